The average molecular weight is 156 g/mol. The van der Waals surface area contributed by atoms with Gasteiger partial charge < -0.3 is 4.74 Å². The summed E-state index contributed by atoms with van der Waals surface area (Å²) in [7, 11) is 0. The molecule has 11 heavy (non-hydrogen) atoms. The van der Waals surface area contributed by atoms with Crippen LogP contribution in [0.4, 0.5) is 0 Å². The monoisotopic (exact) mass is 156 g/mol. The van der Waals surface area contributed by atoms with Crippen LogP contribution in [-0.2, 0) is 14.3 Å². The van der Waals surface area contributed by atoms with E-state index in [4.69, 9.17) is 0 Å². The van der Waals surface area contributed by atoms with E-state index in [0.29, 0.717) is 12.8 Å². The molecule has 0 bridgehead atoms. The Morgan fingerprint density at radius 2 is 1.27 bits per heavy atom. The first kappa shape index (κ1) is 8.24. The van der Waals surface area contributed by atoms with Crippen molar-refractivity contribution in [3.8, 4) is 0 Å². The number of carbonyl (C=O) groups excluding carboxylic acids is 2. The van der Waals surface area contributed by atoms with Gasteiger partial charge in [0, 0.05) is 12.8 Å². The lowest BCUT2D eigenvalue weighted by Gasteiger charge is -1.97. The predicted molar refractivity (Wildman–Crippen MR) is 38.8 cm³/mol. The fourth-order valence-electron chi connectivity index (χ4n) is 1.12. The number of ether oxygens (including phenoxy) is 1. The molecule has 0 spiro atoms. The van der Waals surface area contributed by atoms with Gasteiger partial charge >= 0.3 is 11.9 Å². The maximum atomic E-state index is 10.8. The second kappa shape index (κ2) is 4.11. The Hall–Kier alpha value is -0.860. The van der Waals surface area contributed by atoms with Gasteiger partial charge in [0.1, 0.15) is 0 Å². The Bertz CT molecular complexity index is 145. The SMILES string of the molecule is O=C1CCCCCCC(=O)O1. The standard InChI is InChI=1S/C8H12O3/c9-7-5-3-1-2-4-6-8(10)11-7/h1-6H2. The van der Waals surface area contributed by atoms with Crippen LogP contribution in [-0.4, -0.2) is 11.9 Å². The first-order valence-corrected chi connectivity index (χ1v) is 4.02. The summed E-state index contributed by atoms with van der Waals surface area (Å²) in [6, 6.07) is 0. The van der Waals surface area contributed by atoms with Crippen LogP contribution in [0.5, 0.6) is 0 Å². The lowest BCUT2D eigenvalue weighted by Crippen LogP contribution is -2.10. The maximum Gasteiger partial charge on any atom is 0.313 e. The molecule has 0 amide bonds. The van der Waals surface area contributed by atoms with Gasteiger partial charge in [-0.25, -0.2) is 0 Å². The summed E-state index contributed by atoms with van der Waals surface area (Å²) in [5.41, 5.74) is 0. The Balaban J connectivity index is 2.39. The van der Waals surface area contributed by atoms with E-state index in [1.807, 2.05) is 0 Å². The van der Waals surface area contributed by atoms with Crippen molar-refractivity contribution in [1.82, 2.24) is 0 Å². The average Bonchev–Trinajstić information content (AvgIpc) is 2.02. The highest BCUT2D eigenvalue weighted by molar-refractivity contribution is 5.85. The van der Waals surface area contributed by atoms with Crippen molar-refractivity contribution in [2.45, 2.75) is 38.5 Å². The van der Waals surface area contributed by atoms with Gasteiger partial charge in [0.15, 0.2) is 0 Å². The van der Waals surface area contributed by atoms with Crippen molar-refractivity contribution in [2.75, 3.05) is 0 Å². The zero-order valence-corrected chi connectivity index (χ0v) is 6.47. The number of hydrogen-bond acceptors (Lipinski definition) is 3. The first-order valence-electron chi connectivity index (χ1n) is 4.02. The highest BCUT2D eigenvalue weighted by Crippen LogP contribution is 2.10. The molecule has 0 aliphatic carbocycles. The number of carbonyl (C=O) groups is 2. The zero-order valence-electron chi connectivity index (χ0n) is 6.47. The molecule has 1 saturated heterocycles. The van der Waals surface area contributed by atoms with Crippen LogP contribution in [0, 0.1) is 0 Å². The van der Waals surface area contributed by atoms with E-state index in [1.54, 1.807) is 0 Å². The minimum atomic E-state index is -0.364. The topological polar surface area (TPSA) is 43.4 Å². The first-order chi connectivity index (χ1) is 5.29. The minimum Gasteiger partial charge on any atom is -0.393 e. The second-order valence-electron chi connectivity index (χ2n) is 2.76. The van der Waals surface area contributed by atoms with Crippen LogP contribution in [0.15, 0.2) is 0 Å². The van der Waals surface area contributed by atoms with E-state index in [2.05, 4.69) is 4.74 Å². The number of cyclic esters (lactones) is 2. The third kappa shape index (κ3) is 3.16. The summed E-state index contributed by atoms with van der Waals surface area (Å²) in [5.74, 6) is -0.728. The molecule has 0 radical (unpaired) electrons. The minimum absolute atomic E-state index is 0.364. The molecule has 0 saturated carbocycles. The summed E-state index contributed by atoms with van der Waals surface area (Å²) < 4.78 is 4.49. The molecule has 3 heteroatoms. The van der Waals surface area contributed by atoms with Crippen molar-refractivity contribution in [2.24, 2.45) is 0 Å². The quantitative estimate of drug-likeness (QED) is 0.393. The molecule has 0 aromatic rings. The van der Waals surface area contributed by atoms with Crippen LogP contribution >= 0.6 is 0 Å². The highest BCUT2D eigenvalue weighted by Gasteiger charge is 2.11. The molecule has 1 fully saturated rings. The second-order valence-corrected chi connectivity index (χ2v) is 2.76. The Labute approximate surface area is 65.7 Å². The van der Waals surface area contributed by atoms with Crippen molar-refractivity contribution >= 4 is 11.9 Å². The van der Waals surface area contributed by atoms with Gasteiger partial charge in [-0.05, 0) is 12.8 Å². The Morgan fingerprint density at radius 3 is 1.73 bits per heavy atom. The fourth-order valence-corrected chi connectivity index (χ4v) is 1.12. The number of rotatable bonds is 0. The molecule has 0 N–H and O–H groups in total. The van der Waals surface area contributed by atoms with Crippen molar-refractivity contribution < 1.29 is 14.3 Å². The summed E-state index contributed by atoms with van der Waals surface area (Å²) in [6.45, 7) is 0. The summed E-state index contributed by atoms with van der Waals surface area (Å²) in [4.78, 5) is 21.5. The molecule has 1 rings (SSSR count). The fraction of sp³-hybridized carbons (Fsp3) is 0.750. The Kier molecular flexibility index (Phi) is 3.08. The highest BCUT2D eigenvalue weighted by atomic mass is 16.6. The normalized spacial score (nSPS) is 21.5. The van der Waals surface area contributed by atoms with Crippen LogP contribution in [0.2, 0.25) is 0 Å². The molecule has 0 aromatic carbocycles. The lowest BCUT2D eigenvalue weighted by atomic mass is 10.1. The van der Waals surface area contributed by atoms with E-state index in [-0.39, 0.29) is 11.9 Å². The van der Waals surface area contributed by atoms with Crippen LogP contribution < -0.4 is 0 Å². The third-order valence-electron chi connectivity index (χ3n) is 1.74. The molecule has 0 atom stereocenters. The molecule has 62 valence electrons. The molecule has 1 heterocycles. The van der Waals surface area contributed by atoms with E-state index in [9.17, 15) is 9.59 Å². The van der Waals surface area contributed by atoms with Crippen molar-refractivity contribution in [3.05, 3.63) is 0 Å². The van der Waals surface area contributed by atoms with E-state index in [0.717, 1.165) is 25.7 Å². The van der Waals surface area contributed by atoms with Gasteiger partial charge in [0.25, 0.3) is 0 Å². The largest absolute Gasteiger partial charge is 0.393 e. The third-order valence-corrected chi connectivity index (χ3v) is 1.74. The molecule has 0 unspecified atom stereocenters. The molecular weight excluding hydrogens is 144 g/mol. The van der Waals surface area contributed by atoms with Crippen LogP contribution in [0.3, 0.4) is 0 Å². The molecular formula is C8H12O3. The summed E-state index contributed by atoms with van der Waals surface area (Å²) in [6.07, 6.45) is 4.56. The van der Waals surface area contributed by atoms with Crippen molar-refractivity contribution in [1.29, 1.82) is 0 Å². The molecule has 1 aliphatic heterocycles. The van der Waals surface area contributed by atoms with Gasteiger partial charge in [-0.1, -0.05) is 12.8 Å². The summed E-state index contributed by atoms with van der Waals surface area (Å²) in [5, 5.41) is 0. The van der Waals surface area contributed by atoms with Gasteiger partial charge in [-0.15, -0.1) is 0 Å². The van der Waals surface area contributed by atoms with Gasteiger partial charge in [-0.3, -0.25) is 9.59 Å². The number of hydrogen-bond donors (Lipinski definition) is 0. The maximum absolute atomic E-state index is 10.8. The molecule has 0 aromatic heterocycles. The zero-order chi connectivity index (χ0) is 8.10. The predicted octanol–water partition coefficient (Wildman–Crippen LogP) is 1.41. The smallest absolute Gasteiger partial charge is 0.313 e. The van der Waals surface area contributed by atoms with E-state index >= 15 is 0 Å². The van der Waals surface area contributed by atoms with Crippen molar-refractivity contribution in [3.63, 3.8) is 0 Å². The molecule has 1 aliphatic rings. The molecule has 3 nitrogen and oxygen atoms in total. The lowest BCUT2D eigenvalue weighted by molar-refractivity contribution is -0.159. The van der Waals surface area contributed by atoms with E-state index < -0.39 is 0 Å². The van der Waals surface area contributed by atoms with Crippen LogP contribution in [0.25, 0.3) is 0 Å². The van der Waals surface area contributed by atoms with Gasteiger partial charge in [0.2, 0.25) is 0 Å². The van der Waals surface area contributed by atoms with Crippen LogP contribution in [0.1, 0.15) is 38.5 Å². The Morgan fingerprint density at radius 1 is 0.818 bits per heavy atom. The van der Waals surface area contributed by atoms with E-state index in [1.165, 1.54) is 0 Å². The van der Waals surface area contributed by atoms with Gasteiger partial charge in [0.05, 0.1) is 0 Å². The van der Waals surface area contributed by atoms with Gasteiger partial charge in [-0.2, -0.15) is 0 Å². The summed E-state index contributed by atoms with van der Waals surface area (Å²) >= 11 is 0. The number of esters is 2.